The average Bonchev–Trinajstić information content (AvgIpc) is 3.05. The van der Waals surface area contributed by atoms with Gasteiger partial charge in [0.15, 0.2) is 11.8 Å². The molecule has 4 unspecified atom stereocenters. The number of hydrogen-bond donors (Lipinski definition) is 0. The van der Waals surface area contributed by atoms with E-state index < -0.39 is 114 Å². The summed E-state index contributed by atoms with van der Waals surface area (Å²) in [6.07, 6.45) is -7.59. The monoisotopic (exact) mass is 764 g/mol. The van der Waals surface area contributed by atoms with Crippen molar-refractivity contribution >= 4 is 35.1 Å². The molecule has 0 aromatic heterocycles. The van der Waals surface area contributed by atoms with Gasteiger partial charge >= 0.3 is 24.3 Å². The molecule has 0 spiro atoms. The number of benzene rings is 2. The first-order chi connectivity index (χ1) is 23.8. The van der Waals surface area contributed by atoms with E-state index in [1.807, 2.05) is 0 Å². The second-order valence-electron chi connectivity index (χ2n) is 10.8. The number of alkyl halides is 6. The van der Waals surface area contributed by atoms with Crippen molar-refractivity contribution in [3.8, 4) is 0 Å². The van der Waals surface area contributed by atoms with Crippen LogP contribution in [0.2, 0.25) is 0 Å². The molecule has 51 heavy (non-hydrogen) atoms. The van der Waals surface area contributed by atoms with Crippen molar-refractivity contribution < 1.29 is 60.0 Å². The first kappa shape index (κ1) is 38.9. The number of hydrogen-bond acceptors (Lipinski definition) is 9. The van der Waals surface area contributed by atoms with Crippen LogP contribution in [0.3, 0.4) is 0 Å². The number of halogens is 8. The molecule has 0 heterocycles. The molecule has 11 nitrogen and oxygen atoms in total. The van der Waals surface area contributed by atoms with E-state index >= 15 is 0 Å². The van der Waals surface area contributed by atoms with Crippen LogP contribution in [0.15, 0.2) is 94.4 Å². The van der Waals surface area contributed by atoms with Crippen LogP contribution in [0.1, 0.15) is 36.1 Å². The zero-order valence-electron chi connectivity index (χ0n) is 26.1. The van der Waals surface area contributed by atoms with Gasteiger partial charge in [0.2, 0.25) is 0 Å². The molecule has 19 heteroatoms. The Morgan fingerprint density at radius 3 is 1.33 bits per heavy atom. The molecule has 0 saturated carbocycles. The van der Waals surface area contributed by atoms with Crippen LogP contribution in [0.4, 0.5) is 26.3 Å². The lowest BCUT2D eigenvalue weighted by Crippen LogP contribution is -2.49. The van der Waals surface area contributed by atoms with Gasteiger partial charge in [0.1, 0.15) is 11.5 Å². The summed E-state index contributed by atoms with van der Waals surface area (Å²) >= 11 is 13.0. The third kappa shape index (κ3) is 6.79. The van der Waals surface area contributed by atoms with E-state index in [0.29, 0.717) is 24.3 Å². The molecule has 2 aromatic rings. The summed E-state index contributed by atoms with van der Waals surface area (Å²) in [7, 11) is 0. The van der Waals surface area contributed by atoms with E-state index in [1.54, 1.807) is 0 Å². The molecule has 272 valence electrons. The van der Waals surface area contributed by atoms with Crippen molar-refractivity contribution in [2.24, 2.45) is 11.8 Å². The molecule has 0 bridgehead atoms. The molecule has 0 fully saturated rings. The second-order valence-corrected chi connectivity index (χ2v) is 11.6. The summed E-state index contributed by atoms with van der Waals surface area (Å²) in [5, 5.41) is 23.7. The number of ether oxygens (including phenoxy) is 3. The Bertz CT molecular complexity index is 1760. The predicted molar refractivity (Wildman–Crippen MR) is 166 cm³/mol. The first-order valence-corrected chi connectivity index (χ1v) is 15.4. The third-order valence-corrected chi connectivity index (χ3v) is 8.84. The predicted octanol–water partition coefficient (Wildman–Crippen LogP) is 7.78. The smallest absolute Gasteiger partial charge is 0.416 e. The number of esters is 2. The zero-order valence-corrected chi connectivity index (χ0v) is 27.6. The van der Waals surface area contributed by atoms with E-state index in [1.165, 1.54) is 13.8 Å². The number of nitro groups is 2. The largest absolute Gasteiger partial charge is 0.465 e. The number of rotatable bonds is 10. The Hall–Kier alpha value is -4.90. The maximum Gasteiger partial charge on any atom is 0.416 e. The highest BCUT2D eigenvalue weighted by Crippen LogP contribution is 2.52. The van der Waals surface area contributed by atoms with E-state index in [9.17, 15) is 56.2 Å². The number of allylic oxidation sites excluding steroid dienone is 2. The summed E-state index contributed by atoms with van der Waals surface area (Å²) in [5.41, 5.74) is -11.0. The number of carbonyl (C=O) groups is 2. The maximum atomic E-state index is 14.1. The minimum absolute atomic E-state index is 0.391. The summed E-state index contributed by atoms with van der Waals surface area (Å²) < 4.78 is 100. The van der Waals surface area contributed by atoms with Gasteiger partial charge in [-0.3, -0.25) is 29.8 Å². The van der Waals surface area contributed by atoms with Crippen LogP contribution in [-0.2, 0) is 47.2 Å². The van der Waals surface area contributed by atoms with Crippen molar-refractivity contribution in [3.63, 3.8) is 0 Å². The lowest BCUT2D eigenvalue weighted by atomic mass is 9.73. The fraction of sp³-hybridized carbons (Fsp3) is 0.312. The van der Waals surface area contributed by atoms with Crippen LogP contribution in [0.25, 0.3) is 0 Å². The van der Waals surface area contributed by atoms with Crippen LogP contribution in [0.5, 0.6) is 0 Å². The van der Waals surface area contributed by atoms with Crippen molar-refractivity contribution in [2.45, 2.75) is 37.3 Å². The lowest BCUT2D eigenvalue weighted by Gasteiger charge is -2.35. The molecule has 0 aliphatic heterocycles. The molecule has 0 amide bonds. The maximum absolute atomic E-state index is 14.1. The Balaban J connectivity index is 1.95. The zero-order chi connectivity index (χ0) is 38.1. The molecular formula is C32H24Cl2F6N2O9. The van der Waals surface area contributed by atoms with Crippen molar-refractivity contribution in [1.29, 1.82) is 0 Å². The molecule has 0 saturated heterocycles. The van der Waals surface area contributed by atoms with Gasteiger partial charge in [0.05, 0.1) is 34.4 Å². The SMILES string of the molecule is CCOC(=O)C1C(Cl)=C(OC2=C(Cl)C(C(=O)OCC)C(c3ccccc3C(F)(F)F)([N+](=O)[O-])C=C2)C=CC1(c1ccccc1C(F)(F)F)[N+](=O)[O-]. The van der Waals surface area contributed by atoms with Gasteiger partial charge in [-0.05, 0) is 38.1 Å². The molecule has 2 aliphatic rings. The minimum atomic E-state index is -5.14. The topological polar surface area (TPSA) is 148 Å². The van der Waals surface area contributed by atoms with E-state index in [4.69, 9.17) is 37.4 Å². The van der Waals surface area contributed by atoms with Crippen LogP contribution >= 0.6 is 23.2 Å². The summed E-state index contributed by atoms with van der Waals surface area (Å²) in [6.45, 7) is 1.85. The van der Waals surface area contributed by atoms with Crippen LogP contribution in [-0.4, -0.2) is 35.0 Å². The second kappa shape index (κ2) is 14.4. The van der Waals surface area contributed by atoms with E-state index in [-0.39, 0.29) is 0 Å². The fourth-order valence-electron chi connectivity index (χ4n) is 5.91. The van der Waals surface area contributed by atoms with Crippen LogP contribution < -0.4 is 0 Å². The first-order valence-electron chi connectivity index (χ1n) is 14.6. The Kier molecular flexibility index (Phi) is 11.0. The van der Waals surface area contributed by atoms with Gasteiger partial charge in [0.25, 0.3) is 11.1 Å². The van der Waals surface area contributed by atoms with Gasteiger partial charge in [-0.1, -0.05) is 59.6 Å². The average molecular weight is 765 g/mol. The molecule has 0 N–H and O–H groups in total. The van der Waals surface area contributed by atoms with Gasteiger partial charge < -0.3 is 14.2 Å². The summed E-state index contributed by atoms with van der Waals surface area (Å²) in [6, 6.07) is 6.77. The molecule has 2 aliphatic carbocycles. The molecule has 0 radical (unpaired) electrons. The highest BCUT2D eigenvalue weighted by atomic mass is 35.5. The van der Waals surface area contributed by atoms with Gasteiger partial charge in [-0.15, -0.1) is 0 Å². The normalized spacial score (nSPS) is 23.6. The summed E-state index contributed by atoms with van der Waals surface area (Å²) in [4.78, 5) is 49.8. The Morgan fingerprint density at radius 2 is 1.04 bits per heavy atom. The van der Waals surface area contributed by atoms with Crippen molar-refractivity contribution in [2.75, 3.05) is 13.2 Å². The fourth-order valence-corrected chi connectivity index (χ4v) is 6.62. The van der Waals surface area contributed by atoms with Gasteiger partial charge in [0, 0.05) is 33.1 Å². The number of nitrogens with zero attached hydrogens (tertiary/aromatic N) is 2. The quantitative estimate of drug-likeness (QED) is 0.102. The molecule has 4 rings (SSSR count). The van der Waals surface area contributed by atoms with Crippen molar-refractivity contribution in [1.82, 2.24) is 0 Å². The Labute approximate surface area is 294 Å². The van der Waals surface area contributed by atoms with Gasteiger partial charge in [-0.2, -0.15) is 26.3 Å². The lowest BCUT2D eigenvalue weighted by molar-refractivity contribution is -0.570. The highest BCUT2D eigenvalue weighted by molar-refractivity contribution is 6.32. The standard InChI is InChI=1S/C32H24Cl2F6N2O9/c1-3-49-27(43)23-25(33)21(13-15-29(23,41(45)46)17-9-5-7-11-19(17)31(35,36)37)51-22-14-16-30(42(47)48,24(26(22)34)28(44)50-4-2)18-10-6-8-12-20(18)32(38,39)40/h5-16,23-24H,3-4H2,1-2H3. The van der Waals surface area contributed by atoms with Gasteiger partial charge in [-0.25, -0.2) is 0 Å². The van der Waals surface area contributed by atoms with E-state index in [2.05, 4.69) is 0 Å². The molecule has 4 atom stereocenters. The minimum Gasteiger partial charge on any atom is -0.465 e. The van der Waals surface area contributed by atoms with Crippen LogP contribution in [0, 0.1) is 32.1 Å². The third-order valence-electron chi connectivity index (χ3n) is 8.03. The Morgan fingerprint density at radius 1 is 0.706 bits per heavy atom. The van der Waals surface area contributed by atoms with E-state index in [0.717, 1.165) is 48.6 Å². The van der Waals surface area contributed by atoms with Crippen molar-refractivity contribution in [3.05, 3.63) is 137 Å². The number of carbonyl (C=O) groups excluding carboxylic acids is 2. The highest BCUT2D eigenvalue weighted by Gasteiger charge is 2.63. The summed E-state index contributed by atoms with van der Waals surface area (Å²) in [5.74, 6) is -8.88. The molecular weight excluding hydrogens is 741 g/mol. The molecule has 2 aromatic carbocycles.